The molecule has 2 aliphatic rings. The number of amides is 3. The van der Waals surface area contributed by atoms with Crippen molar-refractivity contribution in [2.45, 2.75) is 25.1 Å². The number of ether oxygens (including phenoxy) is 1. The van der Waals surface area contributed by atoms with Crippen LogP contribution in [0.1, 0.15) is 35.0 Å². The van der Waals surface area contributed by atoms with Crippen LogP contribution in [0.4, 0.5) is 0 Å². The van der Waals surface area contributed by atoms with Gasteiger partial charge in [0, 0.05) is 6.42 Å². The molecule has 9 heteroatoms. The number of carbonyl (C=O) groups excluding carboxylic acids is 3. The summed E-state index contributed by atoms with van der Waals surface area (Å²) in [7, 11) is 0. The molecule has 0 spiro atoms. The van der Waals surface area contributed by atoms with Gasteiger partial charge in [0.25, 0.3) is 5.91 Å². The number of carbonyl (C=O) groups is 4. The summed E-state index contributed by atoms with van der Waals surface area (Å²) in [5.74, 6) is -2.80. The van der Waals surface area contributed by atoms with Crippen LogP contribution in [0.3, 0.4) is 0 Å². The predicted octanol–water partition coefficient (Wildman–Crippen LogP) is -0.598. The number of piperidine rings is 1. The van der Waals surface area contributed by atoms with Gasteiger partial charge in [-0.25, -0.2) is 4.79 Å². The highest BCUT2D eigenvalue weighted by Gasteiger charge is 2.45. The van der Waals surface area contributed by atoms with Crippen LogP contribution in [-0.4, -0.2) is 51.5 Å². The Morgan fingerprint density at radius 1 is 1.33 bits per heavy atom. The first kappa shape index (κ1) is 15.9. The van der Waals surface area contributed by atoms with E-state index >= 15 is 0 Å². The minimum Gasteiger partial charge on any atom is -0.481 e. The number of hydrogen-bond donors (Lipinski definition) is 3. The summed E-state index contributed by atoms with van der Waals surface area (Å²) >= 11 is 0. The first-order valence-electron chi connectivity index (χ1n) is 7.22. The molecule has 1 aromatic rings. The van der Waals surface area contributed by atoms with Crippen molar-refractivity contribution < 1.29 is 34.1 Å². The summed E-state index contributed by atoms with van der Waals surface area (Å²) in [5, 5.41) is 21.4. The Morgan fingerprint density at radius 2 is 2.08 bits per heavy atom. The van der Waals surface area contributed by atoms with Gasteiger partial charge in [0.05, 0.1) is 11.1 Å². The van der Waals surface area contributed by atoms with E-state index in [1.807, 2.05) is 0 Å². The third-order valence-corrected chi connectivity index (χ3v) is 3.95. The van der Waals surface area contributed by atoms with Gasteiger partial charge in [-0.15, -0.1) is 0 Å². The number of aliphatic hydroxyl groups is 1. The van der Waals surface area contributed by atoms with Gasteiger partial charge in [-0.1, -0.05) is 6.07 Å². The normalized spacial score (nSPS) is 23.0. The molecule has 3 amide bonds. The number of imide groups is 1. The molecule has 0 aromatic heterocycles. The topological polar surface area (TPSA) is 133 Å². The average molecular weight is 334 g/mol. The van der Waals surface area contributed by atoms with Crippen molar-refractivity contribution in [2.75, 3.05) is 6.61 Å². The molecule has 0 aliphatic carbocycles. The summed E-state index contributed by atoms with van der Waals surface area (Å²) in [6, 6.07) is 3.41. The van der Waals surface area contributed by atoms with Crippen LogP contribution >= 0.6 is 0 Å². The zero-order valence-corrected chi connectivity index (χ0v) is 12.4. The van der Waals surface area contributed by atoms with Crippen LogP contribution in [0, 0.1) is 0 Å². The number of carboxylic acid groups (broad SMARTS) is 1. The van der Waals surface area contributed by atoms with E-state index < -0.39 is 42.6 Å². The van der Waals surface area contributed by atoms with Gasteiger partial charge in [-0.2, -0.15) is 0 Å². The summed E-state index contributed by atoms with van der Waals surface area (Å²) < 4.78 is 5.12. The second kappa shape index (κ2) is 5.93. The van der Waals surface area contributed by atoms with E-state index in [0.717, 1.165) is 4.90 Å². The zero-order valence-electron chi connectivity index (χ0n) is 12.4. The molecule has 2 unspecified atom stereocenters. The molecule has 0 radical (unpaired) electrons. The highest BCUT2D eigenvalue weighted by Crippen LogP contribution is 2.40. The maximum absolute atomic E-state index is 12.6. The molecule has 24 heavy (non-hydrogen) atoms. The lowest BCUT2D eigenvalue weighted by molar-refractivity contribution is -0.140. The van der Waals surface area contributed by atoms with Gasteiger partial charge in [-0.05, 0) is 18.6 Å². The standard InChI is InChI=1S/C15H14N2O7/c18-10-5-4-8(13(21)16-10)17-14(22)7-2-1-3-9(12(7)15(17)23)24-6-11(19)20/h1-3,8,15,23H,4-6H2,(H,19,20)(H,16,18,21). The fraction of sp³-hybridized carbons (Fsp3) is 0.333. The molecule has 1 aromatic carbocycles. The summed E-state index contributed by atoms with van der Waals surface area (Å²) in [4.78, 5) is 47.4. The molecule has 1 fully saturated rings. The number of hydrogen-bond acceptors (Lipinski definition) is 6. The fourth-order valence-corrected chi connectivity index (χ4v) is 2.91. The van der Waals surface area contributed by atoms with Crippen LogP contribution in [0.25, 0.3) is 0 Å². The second-order valence-corrected chi connectivity index (χ2v) is 5.45. The summed E-state index contributed by atoms with van der Waals surface area (Å²) in [6.07, 6.45) is -1.29. The van der Waals surface area contributed by atoms with Crippen molar-refractivity contribution in [1.29, 1.82) is 0 Å². The third kappa shape index (κ3) is 2.58. The Kier molecular flexibility index (Phi) is 3.94. The second-order valence-electron chi connectivity index (χ2n) is 5.45. The SMILES string of the molecule is O=C(O)COc1cccc2c1C(O)N(C1CCC(=O)NC1=O)C2=O. The maximum atomic E-state index is 12.6. The van der Waals surface area contributed by atoms with Crippen LogP contribution in [0.15, 0.2) is 18.2 Å². The lowest BCUT2D eigenvalue weighted by Gasteiger charge is -2.32. The minimum atomic E-state index is -1.46. The Labute approximate surface area is 135 Å². The Bertz CT molecular complexity index is 745. The smallest absolute Gasteiger partial charge is 0.341 e. The van der Waals surface area contributed by atoms with Crippen LogP contribution < -0.4 is 10.1 Å². The van der Waals surface area contributed by atoms with Crippen LogP contribution in [0.2, 0.25) is 0 Å². The molecular formula is C15H14N2O7. The maximum Gasteiger partial charge on any atom is 0.341 e. The van der Waals surface area contributed by atoms with Gasteiger partial charge in [0.1, 0.15) is 11.8 Å². The first-order chi connectivity index (χ1) is 11.4. The number of aliphatic hydroxyl groups excluding tert-OH is 1. The molecule has 9 nitrogen and oxygen atoms in total. The molecule has 1 saturated heterocycles. The van der Waals surface area contributed by atoms with Crippen molar-refractivity contribution in [3.05, 3.63) is 29.3 Å². The monoisotopic (exact) mass is 334 g/mol. The molecule has 2 heterocycles. The molecule has 2 atom stereocenters. The number of aliphatic carboxylic acids is 1. The van der Waals surface area contributed by atoms with Gasteiger partial charge in [0.15, 0.2) is 12.8 Å². The molecular weight excluding hydrogens is 320 g/mol. The van der Waals surface area contributed by atoms with Crippen molar-refractivity contribution in [2.24, 2.45) is 0 Å². The van der Waals surface area contributed by atoms with Crippen molar-refractivity contribution >= 4 is 23.7 Å². The first-order valence-corrected chi connectivity index (χ1v) is 7.22. The highest BCUT2D eigenvalue weighted by molar-refractivity contribution is 6.06. The number of nitrogens with zero attached hydrogens (tertiary/aromatic N) is 1. The number of benzene rings is 1. The molecule has 3 N–H and O–H groups in total. The zero-order chi connectivity index (χ0) is 17.4. The molecule has 3 rings (SSSR count). The highest BCUT2D eigenvalue weighted by atomic mass is 16.5. The van der Waals surface area contributed by atoms with Crippen LogP contribution in [-0.2, 0) is 14.4 Å². The molecule has 2 aliphatic heterocycles. The summed E-state index contributed by atoms with van der Waals surface area (Å²) in [5.41, 5.74) is 0.253. The van der Waals surface area contributed by atoms with Gasteiger partial charge >= 0.3 is 5.97 Å². The van der Waals surface area contributed by atoms with E-state index in [4.69, 9.17) is 9.84 Å². The Morgan fingerprint density at radius 3 is 2.75 bits per heavy atom. The van der Waals surface area contributed by atoms with Gasteiger partial charge < -0.3 is 14.9 Å². The van der Waals surface area contributed by atoms with E-state index in [1.165, 1.54) is 18.2 Å². The number of carboxylic acids is 1. The minimum absolute atomic E-state index is 0.0607. The van der Waals surface area contributed by atoms with E-state index in [-0.39, 0.29) is 29.7 Å². The lowest BCUT2D eigenvalue weighted by atomic mass is 10.0. The largest absolute Gasteiger partial charge is 0.481 e. The molecule has 0 bridgehead atoms. The third-order valence-electron chi connectivity index (χ3n) is 3.95. The molecule has 126 valence electrons. The van der Waals surface area contributed by atoms with Gasteiger partial charge in [-0.3, -0.25) is 24.6 Å². The van der Waals surface area contributed by atoms with Gasteiger partial charge in [0.2, 0.25) is 11.8 Å². The van der Waals surface area contributed by atoms with Crippen molar-refractivity contribution in [3.63, 3.8) is 0 Å². The Balaban J connectivity index is 1.92. The number of rotatable bonds is 4. The van der Waals surface area contributed by atoms with Crippen molar-refractivity contribution in [1.82, 2.24) is 10.2 Å². The van der Waals surface area contributed by atoms with E-state index in [0.29, 0.717) is 0 Å². The predicted molar refractivity (Wildman–Crippen MR) is 76.9 cm³/mol. The van der Waals surface area contributed by atoms with E-state index in [1.54, 1.807) is 0 Å². The lowest BCUT2D eigenvalue weighted by Crippen LogP contribution is -2.53. The fourth-order valence-electron chi connectivity index (χ4n) is 2.91. The summed E-state index contributed by atoms with van der Waals surface area (Å²) in [6.45, 7) is -0.629. The number of fused-ring (bicyclic) bond motifs is 1. The Hall–Kier alpha value is -2.94. The average Bonchev–Trinajstić information content (AvgIpc) is 2.78. The van der Waals surface area contributed by atoms with E-state index in [2.05, 4.69) is 5.32 Å². The van der Waals surface area contributed by atoms with E-state index in [9.17, 15) is 24.3 Å². The number of nitrogens with one attached hydrogen (secondary N) is 1. The quantitative estimate of drug-likeness (QED) is 0.626. The van der Waals surface area contributed by atoms with Crippen molar-refractivity contribution in [3.8, 4) is 5.75 Å². The van der Waals surface area contributed by atoms with Crippen LogP contribution in [0.5, 0.6) is 5.75 Å². The molecule has 0 saturated carbocycles.